The minimum atomic E-state index is -1.61. The fourth-order valence-corrected chi connectivity index (χ4v) is 4.06. The van der Waals surface area contributed by atoms with Gasteiger partial charge in [-0.1, -0.05) is 0 Å². The van der Waals surface area contributed by atoms with E-state index in [2.05, 4.69) is 4.99 Å². The molecule has 4 rings (SSSR count). The monoisotopic (exact) mass is 342 g/mol. The van der Waals surface area contributed by atoms with Gasteiger partial charge in [0.05, 0.1) is 11.1 Å². The SMILES string of the molecule is Cc1cc2c(s1)N=C1N(c3ccc(C(=O)O)cc3)CCC1(O)C2=O. The second kappa shape index (κ2) is 4.99. The Labute approximate surface area is 141 Å². The molecule has 0 saturated carbocycles. The average Bonchev–Trinajstić information content (AvgIpc) is 3.09. The van der Waals surface area contributed by atoms with Gasteiger partial charge in [-0.25, -0.2) is 9.79 Å². The first-order chi connectivity index (χ1) is 11.4. The van der Waals surface area contributed by atoms with E-state index in [1.807, 2.05) is 6.92 Å². The highest BCUT2D eigenvalue weighted by molar-refractivity contribution is 7.16. The smallest absolute Gasteiger partial charge is 0.335 e. The highest BCUT2D eigenvalue weighted by Gasteiger charge is 2.52. The fraction of sp³-hybridized carbons (Fsp3) is 0.235. The minimum Gasteiger partial charge on any atom is -0.478 e. The number of aromatic carboxylic acids is 1. The molecule has 1 fully saturated rings. The van der Waals surface area contributed by atoms with Gasteiger partial charge < -0.3 is 15.1 Å². The molecular weight excluding hydrogens is 328 g/mol. The van der Waals surface area contributed by atoms with E-state index in [0.29, 0.717) is 28.6 Å². The van der Waals surface area contributed by atoms with Crippen molar-refractivity contribution in [3.8, 4) is 0 Å². The van der Waals surface area contributed by atoms with Gasteiger partial charge in [-0.2, -0.15) is 0 Å². The van der Waals surface area contributed by atoms with E-state index >= 15 is 0 Å². The number of aryl methyl sites for hydroxylation is 1. The number of rotatable bonds is 2. The largest absolute Gasteiger partial charge is 0.478 e. The van der Waals surface area contributed by atoms with E-state index in [1.54, 1.807) is 23.1 Å². The molecule has 0 amide bonds. The predicted molar refractivity (Wildman–Crippen MR) is 90.8 cm³/mol. The number of hydrogen-bond acceptors (Lipinski definition) is 6. The number of aliphatic imine (C=N–C) groups is 1. The molecule has 0 radical (unpaired) electrons. The first-order valence-corrected chi connectivity index (χ1v) is 8.29. The second-order valence-corrected chi connectivity index (χ2v) is 7.19. The topological polar surface area (TPSA) is 90.2 Å². The van der Waals surface area contributed by atoms with Crippen LogP contribution in [0.25, 0.3) is 0 Å². The van der Waals surface area contributed by atoms with E-state index in [4.69, 9.17) is 5.11 Å². The van der Waals surface area contributed by atoms with E-state index in [0.717, 1.165) is 4.88 Å². The summed E-state index contributed by atoms with van der Waals surface area (Å²) in [6, 6.07) is 8.10. The zero-order valence-corrected chi connectivity index (χ0v) is 13.6. The highest BCUT2D eigenvalue weighted by atomic mass is 32.1. The number of carbonyl (C=O) groups is 2. The summed E-state index contributed by atoms with van der Waals surface area (Å²) in [7, 11) is 0. The molecule has 1 aromatic heterocycles. The van der Waals surface area contributed by atoms with Crippen LogP contribution < -0.4 is 4.90 Å². The first-order valence-electron chi connectivity index (χ1n) is 7.48. The number of amidine groups is 1. The maximum Gasteiger partial charge on any atom is 0.335 e. The molecule has 24 heavy (non-hydrogen) atoms. The average molecular weight is 342 g/mol. The number of ketones is 1. The maximum atomic E-state index is 12.7. The lowest BCUT2D eigenvalue weighted by Gasteiger charge is -2.28. The summed E-state index contributed by atoms with van der Waals surface area (Å²) in [6.07, 6.45) is 0.264. The Bertz CT molecular complexity index is 900. The van der Waals surface area contributed by atoms with Crippen LogP contribution in [-0.4, -0.2) is 39.9 Å². The lowest BCUT2D eigenvalue weighted by Crippen LogP contribution is -2.48. The standard InChI is InChI=1S/C17H14N2O4S/c1-9-8-12-13(20)17(23)6-7-19(16(17)18-14(12)24-9)11-4-2-10(3-5-11)15(21)22/h2-5,8,23H,6-7H2,1H3,(H,21,22). The molecule has 7 heteroatoms. The summed E-state index contributed by atoms with van der Waals surface area (Å²) in [5.41, 5.74) is -0.233. The predicted octanol–water partition coefficient (Wildman–Crippen LogP) is 2.62. The molecule has 0 bridgehead atoms. The van der Waals surface area contributed by atoms with Crippen molar-refractivity contribution >= 4 is 39.6 Å². The molecule has 0 spiro atoms. The van der Waals surface area contributed by atoms with Gasteiger partial charge in [-0.3, -0.25) is 4.79 Å². The lowest BCUT2D eigenvalue weighted by atomic mass is 9.90. The minimum absolute atomic E-state index is 0.186. The Morgan fingerprint density at radius 3 is 2.71 bits per heavy atom. The van der Waals surface area contributed by atoms with Gasteiger partial charge in [0.2, 0.25) is 5.78 Å². The fourth-order valence-electron chi connectivity index (χ4n) is 3.18. The van der Waals surface area contributed by atoms with Crippen molar-refractivity contribution < 1.29 is 19.8 Å². The number of carboxylic acids is 1. The maximum absolute atomic E-state index is 12.7. The van der Waals surface area contributed by atoms with Crippen LogP contribution in [0.3, 0.4) is 0 Å². The molecule has 2 N–H and O–H groups in total. The van der Waals surface area contributed by atoms with Crippen LogP contribution in [-0.2, 0) is 0 Å². The van der Waals surface area contributed by atoms with Crippen molar-refractivity contribution in [2.75, 3.05) is 11.4 Å². The molecule has 1 unspecified atom stereocenters. The van der Waals surface area contributed by atoms with E-state index in [9.17, 15) is 14.7 Å². The van der Waals surface area contributed by atoms with Gasteiger partial charge in [0.1, 0.15) is 5.00 Å². The van der Waals surface area contributed by atoms with E-state index < -0.39 is 11.6 Å². The van der Waals surface area contributed by atoms with Crippen molar-refractivity contribution in [1.29, 1.82) is 0 Å². The third-order valence-corrected chi connectivity index (χ3v) is 5.36. The van der Waals surface area contributed by atoms with Crippen LogP contribution in [0.15, 0.2) is 35.3 Å². The van der Waals surface area contributed by atoms with Crippen molar-refractivity contribution in [3.63, 3.8) is 0 Å². The van der Waals surface area contributed by atoms with Gasteiger partial charge >= 0.3 is 5.97 Å². The number of Topliss-reactive ketones (excluding diaryl/α,β-unsaturated/α-hetero) is 1. The van der Waals surface area contributed by atoms with Crippen LogP contribution in [0.2, 0.25) is 0 Å². The van der Waals surface area contributed by atoms with Gasteiger partial charge in [-0.05, 0) is 37.3 Å². The third kappa shape index (κ3) is 2.02. The summed E-state index contributed by atoms with van der Waals surface area (Å²) in [5, 5.41) is 20.5. The molecule has 122 valence electrons. The number of hydrogen-bond donors (Lipinski definition) is 2. The van der Waals surface area contributed by atoms with E-state index in [-0.39, 0.29) is 17.8 Å². The third-order valence-electron chi connectivity index (χ3n) is 4.41. The molecule has 2 aromatic rings. The second-order valence-electron chi connectivity index (χ2n) is 5.95. The van der Waals surface area contributed by atoms with Crippen LogP contribution >= 0.6 is 11.3 Å². The Morgan fingerprint density at radius 1 is 1.33 bits per heavy atom. The number of aliphatic hydroxyl groups is 1. The number of fused-ring (bicyclic) bond motifs is 2. The normalized spacial score (nSPS) is 22.2. The molecule has 2 aliphatic rings. The quantitative estimate of drug-likeness (QED) is 0.875. The molecular formula is C17H14N2O4S. The first kappa shape index (κ1) is 15.0. The number of carboxylic acid groups (broad SMARTS) is 1. The molecule has 1 aromatic carbocycles. The number of thiophene rings is 1. The molecule has 1 saturated heterocycles. The molecule has 1 atom stereocenters. The van der Waals surface area contributed by atoms with Gasteiger partial charge in [-0.15, -0.1) is 11.3 Å². The Balaban J connectivity index is 1.79. The lowest BCUT2D eigenvalue weighted by molar-refractivity contribution is 0.0602. The highest BCUT2D eigenvalue weighted by Crippen LogP contribution is 2.43. The van der Waals surface area contributed by atoms with Crippen molar-refractivity contribution in [2.45, 2.75) is 18.9 Å². The zero-order chi connectivity index (χ0) is 17.1. The van der Waals surface area contributed by atoms with Crippen molar-refractivity contribution in [3.05, 3.63) is 46.3 Å². The summed E-state index contributed by atoms with van der Waals surface area (Å²) < 4.78 is 0. The van der Waals surface area contributed by atoms with Gasteiger partial charge in [0.25, 0.3) is 0 Å². The van der Waals surface area contributed by atoms with E-state index in [1.165, 1.54) is 23.5 Å². The Morgan fingerprint density at radius 2 is 2.04 bits per heavy atom. The van der Waals surface area contributed by atoms with Crippen LogP contribution in [0, 0.1) is 6.92 Å². The molecule has 0 aliphatic carbocycles. The number of carbonyl (C=O) groups excluding carboxylic acids is 1. The van der Waals surface area contributed by atoms with Crippen LogP contribution in [0.4, 0.5) is 10.7 Å². The summed E-state index contributed by atoms with van der Waals surface area (Å²) >= 11 is 1.42. The van der Waals surface area contributed by atoms with Crippen LogP contribution in [0.5, 0.6) is 0 Å². The molecule has 3 heterocycles. The molecule has 6 nitrogen and oxygen atoms in total. The van der Waals surface area contributed by atoms with Crippen molar-refractivity contribution in [2.24, 2.45) is 4.99 Å². The number of benzene rings is 1. The summed E-state index contributed by atoms with van der Waals surface area (Å²) in [6.45, 7) is 2.35. The van der Waals surface area contributed by atoms with Gasteiger partial charge in [0.15, 0.2) is 11.4 Å². The zero-order valence-electron chi connectivity index (χ0n) is 12.8. The summed E-state index contributed by atoms with van der Waals surface area (Å²) in [5.74, 6) is -0.982. The van der Waals surface area contributed by atoms with Crippen LogP contribution in [0.1, 0.15) is 32.0 Å². The molecule has 2 aliphatic heterocycles. The van der Waals surface area contributed by atoms with Gasteiger partial charge in [0, 0.05) is 23.5 Å². The van der Waals surface area contributed by atoms with Crippen molar-refractivity contribution in [1.82, 2.24) is 0 Å². The Hall–Kier alpha value is -2.51. The summed E-state index contributed by atoms with van der Waals surface area (Å²) in [4.78, 5) is 31.0. The Kier molecular flexibility index (Phi) is 3.13. The number of nitrogens with zero attached hydrogens (tertiary/aromatic N) is 2. The number of anilines is 1.